The second-order valence-corrected chi connectivity index (χ2v) is 8.05. The van der Waals surface area contributed by atoms with Crippen LogP contribution in [0.4, 0.5) is 0 Å². The Bertz CT molecular complexity index is 1050. The monoisotopic (exact) mass is 414 g/mol. The van der Waals surface area contributed by atoms with Crippen LogP contribution in [0.5, 0.6) is 5.75 Å². The van der Waals surface area contributed by atoms with E-state index in [1.807, 2.05) is 18.2 Å². The van der Waals surface area contributed by atoms with Gasteiger partial charge in [0.2, 0.25) is 6.29 Å². The summed E-state index contributed by atoms with van der Waals surface area (Å²) in [6.07, 6.45) is 0.859. The second-order valence-electron chi connectivity index (χ2n) is 8.05. The highest BCUT2D eigenvalue weighted by atomic mass is 16.5. The van der Waals surface area contributed by atoms with E-state index in [0.717, 1.165) is 18.7 Å². The third kappa shape index (κ3) is 3.87. The molecule has 0 radical (unpaired) electrons. The molecule has 0 saturated carbocycles. The summed E-state index contributed by atoms with van der Waals surface area (Å²) in [7, 11) is 1.69. The van der Waals surface area contributed by atoms with Crippen LogP contribution in [0.3, 0.4) is 0 Å². The summed E-state index contributed by atoms with van der Waals surface area (Å²) in [5.41, 5.74) is 13.7. The van der Waals surface area contributed by atoms with Crippen LogP contribution in [0.1, 0.15) is 35.2 Å². The number of guanidine groups is 1. The highest BCUT2D eigenvalue weighted by Crippen LogP contribution is 2.37. The summed E-state index contributed by atoms with van der Waals surface area (Å²) in [6, 6.07) is 29.8. The van der Waals surface area contributed by atoms with Gasteiger partial charge in [-0.1, -0.05) is 72.8 Å². The number of nitrogens with two attached hydrogens (primary N) is 1. The third-order valence-corrected chi connectivity index (χ3v) is 6.16. The van der Waals surface area contributed by atoms with Crippen LogP contribution in [-0.4, -0.2) is 28.9 Å². The normalized spacial score (nSPS) is 23.3. The van der Waals surface area contributed by atoms with Gasteiger partial charge in [0.05, 0.1) is 19.7 Å². The molecule has 158 valence electrons. The lowest BCUT2D eigenvalue weighted by Crippen LogP contribution is -2.57. The fourth-order valence-electron chi connectivity index (χ4n) is 4.54. The first-order valence-corrected chi connectivity index (χ1v) is 10.7. The molecule has 3 aromatic carbocycles. The van der Waals surface area contributed by atoms with Crippen molar-refractivity contribution in [1.82, 2.24) is 15.8 Å². The van der Waals surface area contributed by atoms with Crippen LogP contribution >= 0.6 is 0 Å². The number of benzene rings is 3. The molecule has 2 heterocycles. The predicted octanol–water partition coefficient (Wildman–Crippen LogP) is 3.10. The Kier molecular flexibility index (Phi) is 5.32. The first-order chi connectivity index (χ1) is 15.2. The van der Waals surface area contributed by atoms with Crippen molar-refractivity contribution >= 4 is 5.96 Å². The van der Waals surface area contributed by atoms with Crippen molar-refractivity contribution in [1.29, 1.82) is 0 Å². The number of hydrazine groups is 1. The molecule has 4 N–H and O–H groups in total. The van der Waals surface area contributed by atoms with E-state index in [1.165, 1.54) is 16.7 Å². The van der Waals surface area contributed by atoms with E-state index in [-0.39, 0.29) is 18.4 Å². The zero-order chi connectivity index (χ0) is 21.2. The Labute approximate surface area is 182 Å². The number of nitrogens with one attached hydrogen (secondary N) is 2. The summed E-state index contributed by atoms with van der Waals surface area (Å²) in [5, 5.41) is 6.05. The topological polar surface area (TPSA) is 65.6 Å². The van der Waals surface area contributed by atoms with Crippen LogP contribution in [0.2, 0.25) is 0 Å². The van der Waals surface area contributed by atoms with Gasteiger partial charge in [0.15, 0.2) is 0 Å². The molecule has 0 amide bonds. The maximum Gasteiger partial charge on any atom is 0.363 e. The standard InChI is InChI=1S/C25H27N5O/c1-31-21-14-12-20(13-15-21)23-16-22(19-10-6-3-7-11-19)27-25-29(24(26)28-30(23)25)17-18-8-4-2-5-9-18/h2-15,22-23,25,27H,16-17H2,1H3,(H2,26,28)/p+1. The van der Waals surface area contributed by atoms with E-state index in [1.54, 1.807) is 7.11 Å². The molecule has 0 bridgehead atoms. The van der Waals surface area contributed by atoms with E-state index >= 15 is 0 Å². The number of hydrogen-bond acceptors (Lipinski definition) is 5. The first kappa shape index (κ1) is 19.6. The predicted molar refractivity (Wildman–Crippen MR) is 121 cm³/mol. The Morgan fingerprint density at radius 2 is 1.61 bits per heavy atom. The smallest absolute Gasteiger partial charge is 0.363 e. The van der Waals surface area contributed by atoms with Gasteiger partial charge in [-0.3, -0.25) is 11.1 Å². The zero-order valence-corrected chi connectivity index (χ0v) is 17.6. The first-order valence-electron chi connectivity index (χ1n) is 10.7. The molecule has 5 rings (SSSR count). The summed E-state index contributed by atoms with van der Waals surface area (Å²) in [6.45, 7) is 0.727. The van der Waals surface area contributed by atoms with Crippen molar-refractivity contribution in [2.75, 3.05) is 7.11 Å². The van der Waals surface area contributed by atoms with Crippen molar-refractivity contribution < 1.29 is 9.31 Å². The average molecular weight is 415 g/mol. The highest BCUT2D eigenvalue weighted by molar-refractivity contribution is 5.73. The van der Waals surface area contributed by atoms with Crippen LogP contribution in [0.15, 0.2) is 84.9 Å². The van der Waals surface area contributed by atoms with Crippen LogP contribution in [-0.2, 0) is 6.54 Å². The Morgan fingerprint density at radius 1 is 0.935 bits per heavy atom. The fraction of sp³-hybridized carbons (Fsp3) is 0.240. The van der Waals surface area contributed by atoms with Crippen molar-refractivity contribution in [3.8, 4) is 5.75 Å². The van der Waals surface area contributed by atoms with Crippen molar-refractivity contribution in [3.63, 3.8) is 0 Å². The molecule has 0 spiro atoms. The minimum atomic E-state index is -0.0636. The van der Waals surface area contributed by atoms with Gasteiger partial charge in [-0.15, -0.1) is 5.01 Å². The molecule has 0 aromatic heterocycles. The second kappa shape index (κ2) is 8.41. The number of methoxy groups -OCH3 is 1. The Balaban J connectivity index is 1.49. The van der Waals surface area contributed by atoms with E-state index in [0.29, 0.717) is 5.96 Å². The fourth-order valence-corrected chi connectivity index (χ4v) is 4.54. The molecule has 6 nitrogen and oxygen atoms in total. The van der Waals surface area contributed by atoms with Crippen molar-refractivity contribution in [2.24, 2.45) is 5.73 Å². The number of ether oxygens (including phenoxy) is 1. The molecule has 31 heavy (non-hydrogen) atoms. The van der Waals surface area contributed by atoms with Gasteiger partial charge in [-0.2, -0.15) is 5.43 Å². The van der Waals surface area contributed by atoms with Crippen LogP contribution in [0, 0.1) is 0 Å². The van der Waals surface area contributed by atoms with Crippen molar-refractivity contribution in [3.05, 3.63) is 102 Å². The molecule has 0 aliphatic carbocycles. The lowest BCUT2D eigenvalue weighted by atomic mass is 9.92. The van der Waals surface area contributed by atoms with Gasteiger partial charge in [0.25, 0.3) is 0 Å². The van der Waals surface area contributed by atoms with Gasteiger partial charge in [-0.25, -0.2) is 4.58 Å². The minimum absolute atomic E-state index is 0.0636. The molecule has 1 saturated heterocycles. The van der Waals surface area contributed by atoms with Gasteiger partial charge < -0.3 is 4.74 Å². The molecule has 1 fully saturated rings. The molecule has 2 aliphatic heterocycles. The number of hydrogen-bond donors (Lipinski definition) is 3. The quantitative estimate of drug-likeness (QED) is 0.560. The number of fused-ring (bicyclic) bond motifs is 1. The third-order valence-electron chi connectivity index (χ3n) is 6.16. The maximum absolute atomic E-state index is 6.49. The lowest BCUT2D eigenvalue weighted by Gasteiger charge is -2.40. The number of rotatable bonds is 5. The van der Waals surface area contributed by atoms with Gasteiger partial charge in [-0.05, 0) is 35.2 Å². The minimum Gasteiger partial charge on any atom is -0.497 e. The summed E-state index contributed by atoms with van der Waals surface area (Å²) in [5.74, 6) is 1.52. The van der Waals surface area contributed by atoms with E-state index in [2.05, 4.69) is 87.1 Å². The van der Waals surface area contributed by atoms with Gasteiger partial charge in [0.1, 0.15) is 5.75 Å². The highest BCUT2D eigenvalue weighted by Gasteiger charge is 2.46. The maximum atomic E-state index is 6.49. The molecular weight excluding hydrogens is 386 g/mol. The van der Waals surface area contributed by atoms with Gasteiger partial charge in [0, 0.05) is 6.04 Å². The summed E-state index contributed by atoms with van der Waals surface area (Å²) < 4.78 is 7.56. The Morgan fingerprint density at radius 3 is 2.29 bits per heavy atom. The zero-order valence-electron chi connectivity index (χ0n) is 17.6. The molecule has 3 aromatic rings. The van der Waals surface area contributed by atoms with E-state index in [4.69, 9.17) is 10.5 Å². The van der Waals surface area contributed by atoms with Crippen LogP contribution in [0.25, 0.3) is 0 Å². The molecular formula is C25H28N5O+. The SMILES string of the molecule is COc1ccc(C2CC(c3ccccc3)NC3N2NC(N)=[N+]3Cc2ccccc2)cc1. The summed E-state index contributed by atoms with van der Waals surface area (Å²) in [4.78, 5) is 0. The molecule has 3 unspecified atom stereocenters. The van der Waals surface area contributed by atoms with Crippen LogP contribution < -0.4 is 21.2 Å². The largest absolute Gasteiger partial charge is 0.497 e. The Hall–Kier alpha value is -3.35. The van der Waals surface area contributed by atoms with Gasteiger partial charge >= 0.3 is 5.96 Å². The summed E-state index contributed by atoms with van der Waals surface area (Å²) >= 11 is 0. The molecule has 3 atom stereocenters. The van der Waals surface area contributed by atoms with Crippen molar-refractivity contribution in [2.45, 2.75) is 31.3 Å². The van der Waals surface area contributed by atoms with E-state index < -0.39 is 0 Å². The molecule has 2 aliphatic rings. The van der Waals surface area contributed by atoms with E-state index in [9.17, 15) is 0 Å². The lowest BCUT2D eigenvalue weighted by molar-refractivity contribution is -0.605. The molecule has 6 heteroatoms. The number of nitrogens with zero attached hydrogens (tertiary/aromatic N) is 2. The average Bonchev–Trinajstić information content (AvgIpc) is 3.14.